The number of rotatable bonds is 2. The van der Waals surface area contributed by atoms with E-state index < -0.39 is 0 Å². The first-order valence-electron chi connectivity index (χ1n) is 3.03. The average Bonchev–Trinajstić information content (AvgIpc) is 2.19. The molecule has 0 aromatic carbocycles. The summed E-state index contributed by atoms with van der Waals surface area (Å²) in [4.78, 5) is 0. The van der Waals surface area contributed by atoms with Crippen LogP contribution in [0.1, 0.15) is 13.3 Å². The summed E-state index contributed by atoms with van der Waals surface area (Å²) >= 11 is -0.0469. The van der Waals surface area contributed by atoms with E-state index in [1.807, 2.05) is 0 Å². The molecule has 0 heterocycles. The maximum Gasteiger partial charge on any atom is -1.00 e. The Balaban J connectivity index is 0.000000640. The Morgan fingerprint density at radius 1 is 1.67 bits per heavy atom. The predicted molar refractivity (Wildman–Crippen MR) is 32.3 cm³/mol. The molecular formula is C7H10ClZr. The van der Waals surface area contributed by atoms with Gasteiger partial charge in [-0.05, 0) is 0 Å². The van der Waals surface area contributed by atoms with E-state index in [2.05, 4.69) is 25.2 Å². The van der Waals surface area contributed by atoms with Gasteiger partial charge in [0, 0.05) is 0 Å². The van der Waals surface area contributed by atoms with Crippen molar-refractivity contribution >= 4 is 0 Å². The summed E-state index contributed by atoms with van der Waals surface area (Å²) in [5.74, 6) is 0. The standard InChI is InChI=1S/C5H5.C2H5.ClH.Zr/c1-2-4-5-3-1;1-2;;/h1-3H,4H2;1H2,2H3;1H;/q;;;+1/p-1. The number of hydrogen-bond acceptors (Lipinski definition) is 0. The fourth-order valence-electron chi connectivity index (χ4n) is 0.805. The maximum absolute atomic E-state index is 2.30. The van der Waals surface area contributed by atoms with Gasteiger partial charge in [0.05, 0.1) is 0 Å². The van der Waals surface area contributed by atoms with Crippen LogP contribution in [0.25, 0.3) is 0 Å². The molecule has 9 heavy (non-hydrogen) atoms. The van der Waals surface area contributed by atoms with Gasteiger partial charge >= 0.3 is 62.2 Å². The molecule has 0 spiro atoms. The number of allylic oxidation sites excluding steroid dienone is 4. The van der Waals surface area contributed by atoms with Gasteiger partial charge in [-0.15, -0.1) is 0 Å². The van der Waals surface area contributed by atoms with Crippen LogP contribution in [0.2, 0.25) is 4.13 Å². The average molecular weight is 221 g/mol. The zero-order valence-corrected chi connectivity index (χ0v) is 8.74. The van der Waals surface area contributed by atoms with Gasteiger partial charge in [-0.3, -0.25) is 0 Å². The molecule has 0 amide bonds. The second-order valence-corrected chi connectivity index (χ2v) is 6.04. The van der Waals surface area contributed by atoms with E-state index >= 15 is 0 Å². The molecule has 2 heteroatoms. The Hall–Kier alpha value is 0.653. The first-order valence-corrected chi connectivity index (χ1v) is 5.99. The Morgan fingerprint density at radius 3 is 2.89 bits per heavy atom. The summed E-state index contributed by atoms with van der Waals surface area (Å²) in [5, 5.41) is 0. The molecule has 0 atom stereocenters. The van der Waals surface area contributed by atoms with Crippen LogP contribution in [0, 0.1) is 0 Å². The third-order valence-electron chi connectivity index (χ3n) is 1.18. The van der Waals surface area contributed by atoms with Crippen molar-refractivity contribution in [1.29, 1.82) is 0 Å². The van der Waals surface area contributed by atoms with E-state index in [1.165, 1.54) is 10.5 Å². The molecule has 0 saturated carbocycles. The van der Waals surface area contributed by atoms with Crippen LogP contribution in [-0.4, -0.2) is 0 Å². The van der Waals surface area contributed by atoms with Crippen molar-refractivity contribution in [3.05, 3.63) is 21.5 Å². The minimum Gasteiger partial charge on any atom is -1.00 e. The molecular weight excluding hydrogens is 211 g/mol. The van der Waals surface area contributed by atoms with Gasteiger partial charge in [0.25, 0.3) is 0 Å². The monoisotopic (exact) mass is 219 g/mol. The van der Waals surface area contributed by atoms with Gasteiger partial charge in [0.2, 0.25) is 0 Å². The molecule has 0 bridgehead atoms. The Bertz CT molecular complexity index is 127. The van der Waals surface area contributed by atoms with Crippen molar-refractivity contribution in [2.45, 2.75) is 17.5 Å². The third kappa shape index (κ3) is 3.37. The minimum absolute atomic E-state index is 0. The summed E-state index contributed by atoms with van der Waals surface area (Å²) in [6.45, 7) is 2.30. The fourth-order valence-corrected chi connectivity index (χ4v) is 3.09. The first-order chi connectivity index (χ1) is 3.93. The molecule has 0 fully saturated rings. The van der Waals surface area contributed by atoms with Crippen molar-refractivity contribution in [3.8, 4) is 0 Å². The quantitative estimate of drug-likeness (QED) is 0.581. The summed E-state index contributed by atoms with van der Waals surface area (Å²) in [6, 6.07) is 0. The van der Waals surface area contributed by atoms with Gasteiger partial charge < -0.3 is 12.4 Å². The third-order valence-corrected chi connectivity index (χ3v) is 4.07. The van der Waals surface area contributed by atoms with Crippen molar-refractivity contribution in [2.24, 2.45) is 0 Å². The van der Waals surface area contributed by atoms with E-state index in [0.717, 1.165) is 0 Å². The van der Waals surface area contributed by atoms with Crippen LogP contribution in [0.3, 0.4) is 0 Å². The molecule has 1 rings (SSSR count). The van der Waals surface area contributed by atoms with Gasteiger partial charge in [0.1, 0.15) is 0 Å². The van der Waals surface area contributed by atoms with Crippen LogP contribution < -0.4 is 12.4 Å². The molecule has 0 saturated heterocycles. The molecule has 0 nitrogen and oxygen atoms in total. The van der Waals surface area contributed by atoms with Crippen LogP contribution in [0.5, 0.6) is 0 Å². The van der Waals surface area contributed by atoms with Crippen LogP contribution in [0.4, 0.5) is 0 Å². The van der Waals surface area contributed by atoms with Crippen LogP contribution in [-0.2, 0) is 23.2 Å². The Labute approximate surface area is 74.4 Å². The molecule has 0 radical (unpaired) electrons. The van der Waals surface area contributed by atoms with Crippen molar-refractivity contribution in [2.75, 3.05) is 0 Å². The van der Waals surface area contributed by atoms with E-state index in [-0.39, 0.29) is 35.6 Å². The Kier molecular flexibility index (Phi) is 5.83. The minimum atomic E-state index is -0.0469. The van der Waals surface area contributed by atoms with Gasteiger partial charge in [0.15, 0.2) is 0 Å². The molecule has 0 unspecified atom stereocenters. The van der Waals surface area contributed by atoms with E-state index in [4.69, 9.17) is 0 Å². The first kappa shape index (κ1) is 9.65. The van der Waals surface area contributed by atoms with Crippen LogP contribution >= 0.6 is 0 Å². The van der Waals surface area contributed by atoms with E-state index in [1.54, 1.807) is 3.28 Å². The predicted octanol–water partition coefficient (Wildman–Crippen LogP) is -0.645. The summed E-state index contributed by atoms with van der Waals surface area (Å²) in [5.41, 5.74) is 0. The maximum atomic E-state index is 2.30. The number of halogens is 1. The molecule has 0 N–H and O–H groups in total. The van der Waals surface area contributed by atoms with Crippen molar-refractivity contribution in [3.63, 3.8) is 0 Å². The van der Waals surface area contributed by atoms with E-state index in [9.17, 15) is 0 Å². The van der Waals surface area contributed by atoms with Gasteiger partial charge in [-0.2, -0.15) is 0 Å². The van der Waals surface area contributed by atoms with Crippen LogP contribution in [0.15, 0.2) is 21.5 Å². The van der Waals surface area contributed by atoms with Crippen molar-refractivity contribution < 1.29 is 35.6 Å². The van der Waals surface area contributed by atoms with E-state index in [0.29, 0.717) is 0 Å². The number of hydrogen-bond donors (Lipinski definition) is 0. The van der Waals surface area contributed by atoms with Crippen molar-refractivity contribution in [1.82, 2.24) is 0 Å². The SMILES string of the molecule is C[CH2][Zr+][C]1=CC=CC1.[Cl-]. The second kappa shape index (κ2) is 5.44. The largest absolute Gasteiger partial charge is 1.00 e. The summed E-state index contributed by atoms with van der Waals surface area (Å²) in [7, 11) is 0. The second-order valence-electron chi connectivity index (χ2n) is 1.85. The smallest absolute Gasteiger partial charge is 1.00 e. The molecule has 0 aliphatic heterocycles. The summed E-state index contributed by atoms with van der Waals surface area (Å²) in [6.07, 6.45) is 8.02. The Morgan fingerprint density at radius 2 is 2.44 bits per heavy atom. The zero-order valence-electron chi connectivity index (χ0n) is 5.52. The molecule has 1 aliphatic carbocycles. The normalized spacial score (nSPS) is 14.1. The fraction of sp³-hybridized carbons (Fsp3) is 0.429. The zero-order chi connectivity index (χ0) is 5.82. The van der Waals surface area contributed by atoms with Gasteiger partial charge in [-0.1, -0.05) is 0 Å². The molecule has 0 aromatic heterocycles. The van der Waals surface area contributed by atoms with Gasteiger partial charge in [-0.25, -0.2) is 0 Å². The summed E-state index contributed by atoms with van der Waals surface area (Å²) < 4.78 is 3.22. The topological polar surface area (TPSA) is 0 Å². The molecule has 1 aliphatic rings. The molecule has 49 valence electrons. The molecule has 0 aromatic rings.